The van der Waals surface area contributed by atoms with Crippen molar-refractivity contribution in [2.24, 2.45) is 0 Å². The summed E-state index contributed by atoms with van der Waals surface area (Å²) in [6, 6.07) is -6.00. The Hall–Kier alpha value is -4.26. The monoisotopic (exact) mass is 1230 g/mol. The molecule has 39 heteroatoms. The average molecular weight is 1230 g/mol. The fourth-order valence-electron chi connectivity index (χ4n) is 10.3. The van der Waals surface area contributed by atoms with Gasteiger partial charge in [-0.15, -0.1) is 0 Å². The van der Waals surface area contributed by atoms with E-state index in [0.717, 1.165) is 13.8 Å². The Morgan fingerprint density at radius 2 is 0.929 bits per heavy atom. The number of aliphatic carboxylic acids is 3. The van der Waals surface area contributed by atoms with Gasteiger partial charge in [-0.1, -0.05) is 0 Å². The third-order valence-electron chi connectivity index (χ3n) is 14.6. The van der Waals surface area contributed by atoms with Crippen molar-refractivity contribution in [3.05, 3.63) is 0 Å². The minimum atomic E-state index is -3.58. The molecule has 24 N–H and O–H groups in total. The van der Waals surface area contributed by atoms with Crippen LogP contribution in [0.15, 0.2) is 0 Å². The van der Waals surface area contributed by atoms with Crippen molar-refractivity contribution in [3.8, 4) is 0 Å². The van der Waals surface area contributed by atoms with Crippen LogP contribution in [0.3, 0.4) is 0 Å². The standard InChI is InChI=1S/C45H73N3O36/c1-12(55)46-23-14(57)3-43(40(70)71,81-34(23)26(62)17(60)6-49)79-19(8-51)28(64)35-24(47-13(2)56)15(58)4-44(82-35,41(72)73)80-20(9-52)29(65)36-25(48-22(61)11-54)16(59)5-45(83-36,42(74)75)84-37-27(63)18(7-50)77-39(32(37)68)78-33-21(10-53)76-38(69)31(67)30(33)66/h14-21,23-39,49-54,57-60,62-69H,3-11H2,1-2H3,(H,46,55)(H,47,56)(H,48,61)(H,70,71)(H,72,73)(H,74,75)/t14-,15-,16-,17+,18+,19+,20+,21+,23+,24+,25+,26+,27-,28+,29+,30+,31+,32+,33+,34+,35+,36+,37-,38?,39-,43+,44+,45-/m0/s1. The van der Waals surface area contributed by atoms with E-state index in [1.807, 2.05) is 5.32 Å². The maximum atomic E-state index is 13.5. The summed E-state index contributed by atoms with van der Waals surface area (Å²) in [5.74, 6) is -20.6. The van der Waals surface area contributed by atoms with Gasteiger partial charge in [0.05, 0.1) is 69.5 Å². The van der Waals surface area contributed by atoms with Crippen molar-refractivity contribution in [3.63, 3.8) is 0 Å². The van der Waals surface area contributed by atoms with E-state index in [-0.39, 0.29) is 0 Å². The predicted octanol–water partition coefficient (Wildman–Crippen LogP) is -14.9. The summed E-state index contributed by atoms with van der Waals surface area (Å²) < 4.78 is 49.9. The summed E-state index contributed by atoms with van der Waals surface area (Å²) in [4.78, 5) is 77.2. The second-order valence-electron chi connectivity index (χ2n) is 20.5. The molecule has 0 saturated carbocycles. The van der Waals surface area contributed by atoms with Gasteiger partial charge < -0.3 is 166 Å². The maximum Gasteiger partial charge on any atom is 0.364 e. The zero-order valence-corrected chi connectivity index (χ0v) is 44.3. The molecule has 0 aliphatic carbocycles. The molecule has 0 spiro atoms. The Morgan fingerprint density at radius 1 is 0.512 bits per heavy atom. The topological polar surface area (TPSA) is 646 Å². The quantitative estimate of drug-likeness (QED) is 0.0382. The lowest BCUT2D eigenvalue weighted by atomic mass is 9.86. The van der Waals surface area contributed by atoms with Crippen molar-refractivity contribution in [2.45, 2.75) is 203 Å². The van der Waals surface area contributed by atoms with E-state index in [2.05, 4.69) is 10.6 Å². The second-order valence-corrected chi connectivity index (χ2v) is 20.5. The lowest BCUT2D eigenvalue weighted by molar-refractivity contribution is -0.387. The molecule has 5 rings (SSSR count). The molecule has 0 aromatic heterocycles. The lowest BCUT2D eigenvalue weighted by Crippen LogP contribution is -2.72. The number of carbonyl (C=O) groups is 6. The highest BCUT2D eigenvalue weighted by Crippen LogP contribution is 2.42. The Balaban J connectivity index is 1.53. The van der Waals surface area contributed by atoms with Crippen LogP contribution in [0.4, 0.5) is 0 Å². The number of aliphatic hydroxyl groups is 18. The first-order chi connectivity index (χ1) is 39.3. The molecule has 484 valence electrons. The molecule has 5 aliphatic heterocycles. The summed E-state index contributed by atoms with van der Waals surface area (Å²) in [5.41, 5.74) is 0. The third-order valence-corrected chi connectivity index (χ3v) is 14.6. The van der Waals surface area contributed by atoms with Crippen molar-refractivity contribution in [1.29, 1.82) is 0 Å². The summed E-state index contributed by atoms with van der Waals surface area (Å²) in [6.45, 7) is -6.24. The largest absolute Gasteiger partial charge is 0.477 e. The molecular formula is C45H73N3O36. The van der Waals surface area contributed by atoms with Crippen LogP contribution >= 0.6 is 0 Å². The number of carboxylic acid groups (broad SMARTS) is 3. The van der Waals surface area contributed by atoms with E-state index in [9.17, 15) is 136 Å². The molecule has 0 aromatic carbocycles. The number of ether oxygens (including phenoxy) is 9. The van der Waals surface area contributed by atoms with Gasteiger partial charge in [-0.05, 0) is 0 Å². The molecule has 1 unspecified atom stereocenters. The minimum absolute atomic E-state index is 0.842. The molecule has 0 bridgehead atoms. The van der Waals surface area contributed by atoms with Gasteiger partial charge in [0, 0.05) is 33.1 Å². The number of rotatable bonds is 26. The van der Waals surface area contributed by atoms with Gasteiger partial charge >= 0.3 is 17.9 Å². The van der Waals surface area contributed by atoms with Crippen molar-refractivity contribution in [2.75, 3.05) is 39.6 Å². The van der Waals surface area contributed by atoms with Crippen LogP contribution in [-0.4, -0.2) is 353 Å². The van der Waals surface area contributed by atoms with E-state index in [1.165, 1.54) is 0 Å². The van der Waals surface area contributed by atoms with Crippen LogP contribution in [0.1, 0.15) is 33.1 Å². The molecular weight excluding hydrogens is 1160 g/mol. The van der Waals surface area contributed by atoms with Crippen LogP contribution in [0.25, 0.3) is 0 Å². The van der Waals surface area contributed by atoms with Gasteiger partial charge in [0.2, 0.25) is 17.7 Å². The van der Waals surface area contributed by atoms with Gasteiger partial charge in [-0.2, -0.15) is 0 Å². The molecule has 5 fully saturated rings. The van der Waals surface area contributed by atoms with E-state index in [4.69, 9.17) is 42.6 Å². The van der Waals surface area contributed by atoms with Crippen molar-refractivity contribution >= 4 is 35.6 Å². The summed E-state index contributed by atoms with van der Waals surface area (Å²) in [7, 11) is 0. The third kappa shape index (κ3) is 15.0. The summed E-state index contributed by atoms with van der Waals surface area (Å²) in [6.07, 6.45) is -54.9. The molecule has 84 heavy (non-hydrogen) atoms. The van der Waals surface area contributed by atoms with E-state index in [1.54, 1.807) is 0 Å². The molecule has 28 atom stereocenters. The van der Waals surface area contributed by atoms with Crippen LogP contribution in [-0.2, 0) is 71.4 Å². The summed E-state index contributed by atoms with van der Waals surface area (Å²) >= 11 is 0. The number of hydrogen-bond acceptors (Lipinski definition) is 33. The fraction of sp³-hybridized carbons (Fsp3) is 0.867. The SMILES string of the molecule is CC(=O)N[C@H]1[C@H]([C@H](O)[C@H](O)CO)O[C@@](O[C@H](CO)[C@@H](O)[C@@H]2O[C@@](O[C@H](CO)[C@@H](O)[C@@H]3O[C@@](O[C@H]4[C@@H](O)[C@@H](CO)O[C@@H](O[C@H]5[C@H](O)[C@@H](O)C(O)O[C@@H]5CO)[C@@H]4O)(C(=O)O)C[C@H](O)[C@H]3NC(=O)CO)(C(=O)O)C[C@H](O)[C@H]2NC(C)=O)(C(=O)O)C[C@@H]1O. The van der Waals surface area contributed by atoms with Gasteiger partial charge in [-0.25, -0.2) is 14.4 Å². The highest BCUT2D eigenvalue weighted by atomic mass is 16.8. The molecule has 0 aromatic rings. The van der Waals surface area contributed by atoms with Crippen molar-refractivity contribution < 1.29 is 179 Å². The highest BCUT2D eigenvalue weighted by Gasteiger charge is 2.64. The van der Waals surface area contributed by atoms with Crippen LogP contribution in [0, 0.1) is 0 Å². The number of aliphatic hydroxyl groups excluding tert-OH is 18. The van der Waals surface area contributed by atoms with E-state index >= 15 is 0 Å². The Bertz CT molecular complexity index is 2240. The normalized spacial score (nSPS) is 41.4. The van der Waals surface area contributed by atoms with Crippen molar-refractivity contribution in [1.82, 2.24) is 16.0 Å². The maximum absolute atomic E-state index is 13.5. The molecule has 5 saturated heterocycles. The first kappa shape index (κ1) is 70.5. The first-order valence-electron chi connectivity index (χ1n) is 25.7. The number of hydrogen-bond donors (Lipinski definition) is 24. The minimum Gasteiger partial charge on any atom is -0.477 e. The van der Waals surface area contributed by atoms with Crippen LogP contribution in [0.2, 0.25) is 0 Å². The van der Waals surface area contributed by atoms with Crippen LogP contribution in [0.5, 0.6) is 0 Å². The zero-order valence-electron chi connectivity index (χ0n) is 44.3. The first-order valence-corrected chi connectivity index (χ1v) is 25.7. The number of carboxylic acids is 3. The molecule has 0 radical (unpaired) electrons. The Morgan fingerprint density at radius 3 is 1.32 bits per heavy atom. The molecule has 3 amide bonds. The lowest BCUT2D eigenvalue weighted by Gasteiger charge is -2.51. The van der Waals surface area contributed by atoms with Gasteiger partial charge in [0.15, 0.2) is 12.6 Å². The molecule has 5 heterocycles. The van der Waals surface area contributed by atoms with Crippen LogP contribution < -0.4 is 16.0 Å². The fourth-order valence-corrected chi connectivity index (χ4v) is 10.3. The number of carbonyl (C=O) groups excluding carboxylic acids is 3. The van der Waals surface area contributed by atoms with Gasteiger partial charge in [0.1, 0.15) is 110 Å². The number of nitrogens with one attached hydrogen (secondary N) is 3. The second kappa shape index (κ2) is 29.2. The molecule has 5 aliphatic rings. The highest BCUT2D eigenvalue weighted by molar-refractivity contribution is 5.79. The molecule has 39 nitrogen and oxygen atoms in total. The number of amides is 3. The Kier molecular flexibility index (Phi) is 24.5. The average Bonchev–Trinajstić information content (AvgIpc) is 1.22. The predicted molar refractivity (Wildman–Crippen MR) is 254 cm³/mol. The Labute approximate surface area is 472 Å². The van der Waals surface area contributed by atoms with E-state index in [0.29, 0.717) is 0 Å². The van der Waals surface area contributed by atoms with E-state index < -0.39 is 265 Å². The zero-order chi connectivity index (χ0) is 63.2. The van der Waals surface area contributed by atoms with Gasteiger partial charge in [-0.3, -0.25) is 14.4 Å². The smallest absolute Gasteiger partial charge is 0.364 e. The van der Waals surface area contributed by atoms with Gasteiger partial charge in [0.25, 0.3) is 17.4 Å². The summed E-state index contributed by atoms with van der Waals surface area (Å²) in [5, 5.41) is 232.